The number of hydrogen-bond acceptors (Lipinski definition) is 4. The second kappa shape index (κ2) is 12.3. The molecule has 0 atom stereocenters. The van der Waals surface area contributed by atoms with Crippen molar-refractivity contribution in [1.82, 2.24) is 13.9 Å². The van der Waals surface area contributed by atoms with E-state index in [1.807, 2.05) is 24.3 Å². The summed E-state index contributed by atoms with van der Waals surface area (Å²) in [7, 11) is -3.85. The van der Waals surface area contributed by atoms with Gasteiger partial charge in [-0.1, -0.05) is 65.1 Å². The van der Waals surface area contributed by atoms with Gasteiger partial charge in [0.25, 0.3) is 0 Å². The Morgan fingerprint density at radius 1 is 0.783 bits per heavy atom. The van der Waals surface area contributed by atoms with Crippen LogP contribution in [0.1, 0.15) is 76.4 Å². The van der Waals surface area contributed by atoms with Crippen LogP contribution in [0.2, 0.25) is 15.1 Å². The minimum atomic E-state index is -3.85. The van der Waals surface area contributed by atoms with Gasteiger partial charge in [0.2, 0.25) is 10.0 Å². The Hall–Kier alpha value is -3.40. The minimum Gasteiger partial charge on any atom is -0.478 e. The zero-order valence-corrected chi connectivity index (χ0v) is 27.7. The van der Waals surface area contributed by atoms with Crippen LogP contribution >= 0.6 is 34.8 Å². The third kappa shape index (κ3) is 5.93. The van der Waals surface area contributed by atoms with Crippen molar-refractivity contribution in [3.8, 4) is 0 Å². The predicted molar refractivity (Wildman–Crippen MR) is 181 cm³/mol. The molecule has 4 aromatic carbocycles. The molecule has 0 radical (unpaired) electrons. The van der Waals surface area contributed by atoms with Crippen LogP contribution in [0.3, 0.4) is 0 Å². The third-order valence-corrected chi connectivity index (χ3v) is 11.7. The Bertz CT molecular complexity index is 2010. The Morgan fingerprint density at radius 3 is 1.91 bits per heavy atom. The lowest BCUT2D eigenvalue weighted by Gasteiger charge is -2.33. The molecule has 1 saturated carbocycles. The first-order valence-electron chi connectivity index (χ1n) is 15.2. The zero-order valence-electron chi connectivity index (χ0n) is 24.6. The molecule has 2 fully saturated rings. The summed E-state index contributed by atoms with van der Waals surface area (Å²) in [5.74, 6) is 0.206. The Balaban J connectivity index is 1.22. The lowest BCUT2D eigenvalue weighted by atomic mass is 9.85. The van der Waals surface area contributed by atoms with Crippen LogP contribution < -0.4 is 0 Å². The van der Waals surface area contributed by atoms with E-state index >= 15 is 0 Å². The Morgan fingerprint density at radius 2 is 1.37 bits per heavy atom. The van der Waals surface area contributed by atoms with Crippen LogP contribution in [-0.2, 0) is 10.0 Å². The van der Waals surface area contributed by atoms with Crippen LogP contribution in [0.25, 0.3) is 11.0 Å². The topological polar surface area (TPSA) is 92.5 Å². The maximum absolute atomic E-state index is 13.5. The average Bonchev–Trinajstić information content (AvgIpc) is 3.83. The lowest BCUT2D eigenvalue weighted by molar-refractivity contribution is 0.0697. The molecule has 1 aliphatic carbocycles. The van der Waals surface area contributed by atoms with Gasteiger partial charge in [-0.2, -0.15) is 4.31 Å². The molecule has 1 saturated heterocycles. The molecule has 0 amide bonds. The van der Waals surface area contributed by atoms with Gasteiger partial charge in [0.15, 0.2) is 0 Å². The maximum Gasteiger partial charge on any atom is 0.337 e. The molecular weight excluding hydrogens is 665 g/mol. The number of benzene rings is 4. The molecule has 46 heavy (non-hydrogen) atoms. The summed E-state index contributed by atoms with van der Waals surface area (Å²) < 4.78 is 30.9. The van der Waals surface area contributed by atoms with E-state index < -0.39 is 16.0 Å². The number of sulfonamides is 1. The van der Waals surface area contributed by atoms with Crippen LogP contribution in [0.5, 0.6) is 0 Å². The van der Waals surface area contributed by atoms with Gasteiger partial charge in [0, 0.05) is 41.0 Å². The molecule has 0 unspecified atom stereocenters. The zero-order chi connectivity index (χ0) is 32.2. The molecule has 11 heteroatoms. The summed E-state index contributed by atoms with van der Waals surface area (Å²) in [6.07, 6.45) is 3.42. The number of carboxylic acid groups (broad SMARTS) is 1. The van der Waals surface area contributed by atoms with Crippen molar-refractivity contribution < 1.29 is 18.3 Å². The van der Waals surface area contributed by atoms with Crippen molar-refractivity contribution in [2.24, 2.45) is 0 Å². The van der Waals surface area contributed by atoms with Crippen molar-refractivity contribution in [3.05, 3.63) is 128 Å². The van der Waals surface area contributed by atoms with E-state index in [1.54, 1.807) is 0 Å². The van der Waals surface area contributed by atoms with E-state index in [2.05, 4.69) is 47.0 Å². The molecule has 2 aliphatic rings. The first-order chi connectivity index (χ1) is 22.1. The first kappa shape index (κ1) is 31.2. The molecule has 2 heterocycles. The number of halogens is 3. The number of carboxylic acids is 1. The fourth-order valence-electron chi connectivity index (χ4n) is 6.53. The van der Waals surface area contributed by atoms with Gasteiger partial charge in [-0.3, -0.25) is 0 Å². The second-order valence-corrected chi connectivity index (χ2v) is 15.2. The summed E-state index contributed by atoms with van der Waals surface area (Å²) in [6, 6.07) is 26.1. The monoisotopic (exact) mass is 693 g/mol. The number of piperidine rings is 1. The summed E-state index contributed by atoms with van der Waals surface area (Å²) in [5, 5.41) is 10.5. The fourth-order valence-corrected chi connectivity index (χ4v) is 8.60. The highest BCUT2D eigenvalue weighted by Gasteiger charge is 2.36. The number of aromatic carboxylic acids is 1. The van der Waals surface area contributed by atoms with Gasteiger partial charge in [-0.05, 0) is 97.0 Å². The number of nitrogens with zero attached hydrogens (tertiary/aromatic N) is 3. The summed E-state index contributed by atoms with van der Waals surface area (Å²) in [6.45, 7) is 0.653. The maximum atomic E-state index is 13.5. The van der Waals surface area contributed by atoms with Gasteiger partial charge in [0.05, 0.1) is 26.5 Å². The molecule has 236 valence electrons. The standard InChI is InChI=1S/C35H30Cl3N3O4S/c36-25-8-3-21(4-9-25)33(22-5-10-26(37)11-6-22)24-7-14-31-32(19-24)41(34(39-31)23-1-2-23)27-15-17-40(18-16-27)46(44,45)28-12-13-29(35(42)43)30(38)20-28/h3-14,19-20,23,27,33H,1-2,15-18H2,(H,42,43). The average molecular weight is 695 g/mol. The number of carbonyl (C=O) groups is 1. The molecule has 5 aromatic rings. The molecule has 0 bridgehead atoms. The molecule has 7 nitrogen and oxygen atoms in total. The molecule has 1 N–H and O–H groups in total. The first-order valence-corrected chi connectivity index (χ1v) is 17.7. The number of rotatable bonds is 8. The Labute approximate surface area is 282 Å². The van der Waals surface area contributed by atoms with E-state index in [9.17, 15) is 18.3 Å². The van der Waals surface area contributed by atoms with E-state index in [0.717, 1.165) is 46.4 Å². The Kier molecular flexibility index (Phi) is 8.36. The summed E-state index contributed by atoms with van der Waals surface area (Å²) in [4.78, 5) is 16.5. The van der Waals surface area contributed by atoms with Crippen LogP contribution in [0.15, 0.2) is 89.8 Å². The lowest BCUT2D eigenvalue weighted by Crippen LogP contribution is -2.39. The van der Waals surface area contributed by atoms with E-state index in [1.165, 1.54) is 22.5 Å². The SMILES string of the molecule is O=C(O)c1ccc(S(=O)(=O)N2CCC(n3c(C4CC4)nc4ccc(C(c5ccc(Cl)cc5)c5ccc(Cl)cc5)cc43)CC2)cc1Cl. The van der Waals surface area contributed by atoms with Gasteiger partial charge in [0.1, 0.15) is 5.82 Å². The van der Waals surface area contributed by atoms with Crippen LogP contribution in [0, 0.1) is 0 Å². The highest BCUT2D eigenvalue weighted by molar-refractivity contribution is 7.89. The quantitative estimate of drug-likeness (QED) is 0.164. The smallest absolute Gasteiger partial charge is 0.337 e. The van der Waals surface area contributed by atoms with Gasteiger partial charge >= 0.3 is 5.97 Å². The molecule has 0 spiro atoms. The van der Waals surface area contributed by atoms with Gasteiger partial charge < -0.3 is 9.67 Å². The number of imidazole rings is 1. The normalized spacial score (nSPS) is 16.3. The fraction of sp³-hybridized carbons (Fsp3) is 0.257. The summed E-state index contributed by atoms with van der Waals surface area (Å²) >= 11 is 18.6. The van der Waals surface area contributed by atoms with Gasteiger partial charge in [-0.15, -0.1) is 0 Å². The second-order valence-electron chi connectivity index (χ2n) is 12.0. The minimum absolute atomic E-state index is 0.00668. The van der Waals surface area contributed by atoms with E-state index in [4.69, 9.17) is 39.8 Å². The van der Waals surface area contributed by atoms with Gasteiger partial charge in [-0.25, -0.2) is 18.2 Å². The van der Waals surface area contributed by atoms with Crippen molar-refractivity contribution in [2.75, 3.05) is 13.1 Å². The van der Waals surface area contributed by atoms with Crippen molar-refractivity contribution in [3.63, 3.8) is 0 Å². The number of fused-ring (bicyclic) bond motifs is 1. The predicted octanol–water partition coefficient (Wildman–Crippen LogP) is 8.78. The highest BCUT2D eigenvalue weighted by atomic mass is 35.5. The molecule has 1 aromatic heterocycles. The third-order valence-electron chi connectivity index (χ3n) is 9.02. The highest BCUT2D eigenvalue weighted by Crippen LogP contribution is 2.44. The molecule has 1 aliphatic heterocycles. The van der Waals surface area contributed by atoms with Crippen LogP contribution in [-0.4, -0.2) is 46.4 Å². The van der Waals surface area contributed by atoms with Crippen molar-refractivity contribution in [2.45, 2.75) is 48.5 Å². The van der Waals surface area contributed by atoms with E-state index in [0.29, 0.717) is 41.9 Å². The number of hydrogen-bond donors (Lipinski definition) is 1. The summed E-state index contributed by atoms with van der Waals surface area (Å²) in [5.41, 5.74) is 5.17. The van der Waals surface area contributed by atoms with Crippen LogP contribution in [0.4, 0.5) is 0 Å². The van der Waals surface area contributed by atoms with Crippen molar-refractivity contribution in [1.29, 1.82) is 0 Å². The van der Waals surface area contributed by atoms with Crippen molar-refractivity contribution >= 4 is 61.8 Å². The number of aromatic nitrogens is 2. The van der Waals surface area contributed by atoms with E-state index in [-0.39, 0.29) is 27.4 Å². The molecular formula is C35H30Cl3N3O4S. The molecule has 7 rings (SSSR count). The largest absolute Gasteiger partial charge is 0.478 e.